The van der Waals surface area contributed by atoms with E-state index in [0.29, 0.717) is 17.1 Å². The van der Waals surface area contributed by atoms with Crippen molar-refractivity contribution in [2.45, 2.75) is 28.0 Å². The van der Waals surface area contributed by atoms with Crippen molar-refractivity contribution >= 4 is 56.6 Å². The lowest BCUT2D eigenvalue weighted by molar-refractivity contribution is -0.118. The Morgan fingerprint density at radius 3 is 2.83 bits per heavy atom. The molecular weight excluding hydrogens is 428 g/mol. The molecule has 0 aromatic heterocycles. The van der Waals surface area contributed by atoms with Crippen molar-refractivity contribution in [2.24, 2.45) is 5.92 Å². The van der Waals surface area contributed by atoms with Crippen LogP contribution >= 0.6 is 23.5 Å². The fourth-order valence-corrected chi connectivity index (χ4v) is 5.47. The molecule has 0 unspecified atom stereocenters. The Kier molecular flexibility index (Phi) is 6.92. The molecule has 29 heavy (non-hydrogen) atoms. The molecule has 154 valence electrons. The van der Waals surface area contributed by atoms with Crippen molar-refractivity contribution in [3.8, 4) is 0 Å². The highest BCUT2D eigenvalue weighted by molar-refractivity contribution is 7.99. The molecule has 0 spiro atoms. The number of hydrogen-bond donors (Lipinski definition) is 2. The van der Waals surface area contributed by atoms with Crippen molar-refractivity contribution in [3.63, 3.8) is 0 Å². The SMILES string of the molecule is CSc1cccc(NC(=O)CCS(=O)(=O)c2ccc3c(c2)NC(=O)[C@H](C)CS3)c1. The second-order valence-electron chi connectivity index (χ2n) is 6.71. The van der Waals surface area contributed by atoms with E-state index in [1.54, 1.807) is 23.9 Å². The highest BCUT2D eigenvalue weighted by Crippen LogP contribution is 2.34. The van der Waals surface area contributed by atoms with E-state index >= 15 is 0 Å². The van der Waals surface area contributed by atoms with Crippen molar-refractivity contribution < 1.29 is 18.0 Å². The molecule has 2 aromatic rings. The number of anilines is 2. The third-order valence-corrected chi connectivity index (χ3v) is 8.23. The quantitative estimate of drug-likeness (QED) is 0.649. The van der Waals surface area contributed by atoms with Crippen LogP contribution in [0.3, 0.4) is 0 Å². The Morgan fingerprint density at radius 2 is 2.07 bits per heavy atom. The lowest BCUT2D eigenvalue weighted by atomic mass is 10.2. The zero-order valence-electron chi connectivity index (χ0n) is 16.1. The number of thioether (sulfide) groups is 2. The van der Waals surface area contributed by atoms with E-state index in [1.165, 1.54) is 23.9 Å². The summed E-state index contributed by atoms with van der Waals surface area (Å²) in [4.78, 5) is 26.2. The Hall–Kier alpha value is -1.97. The molecule has 2 aromatic carbocycles. The van der Waals surface area contributed by atoms with Gasteiger partial charge in [0.1, 0.15) is 0 Å². The monoisotopic (exact) mass is 450 g/mol. The van der Waals surface area contributed by atoms with Crippen LogP contribution in [-0.2, 0) is 19.4 Å². The van der Waals surface area contributed by atoms with Crippen LogP contribution in [0, 0.1) is 5.92 Å². The molecular formula is C20H22N2O4S3. The maximum atomic E-state index is 12.7. The van der Waals surface area contributed by atoms with Crippen molar-refractivity contribution in [1.29, 1.82) is 0 Å². The first-order valence-corrected chi connectivity index (χ1v) is 12.9. The van der Waals surface area contributed by atoms with Gasteiger partial charge in [0.05, 0.1) is 16.3 Å². The fraction of sp³-hybridized carbons (Fsp3) is 0.300. The largest absolute Gasteiger partial charge is 0.326 e. The summed E-state index contributed by atoms with van der Waals surface area (Å²) in [6.45, 7) is 1.83. The molecule has 9 heteroatoms. The Bertz CT molecular complexity index is 1040. The number of benzene rings is 2. The number of amides is 2. The van der Waals surface area contributed by atoms with Gasteiger partial charge in [0.15, 0.2) is 9.84 Å². The van der Waals surface area contributed by atoms with Crippen LogP contribution in [0.15, 0.2) is 57.2 Å². The van der Waals surface area contributed by atoms with Crippen molar-refractivity contribution in [2.75, 3.05) is 28.4 Å². The minimum Gasteiger partial charge on any atom is -0.326 e. The lowest BCUT2D eigenvalue weighted by Crippen LogP contribution is -2.20. The Labute approximate surface area is 179 Å². The van der Waals surface area contributed by atoms with Crippen LogP contribution in [0.4, 0.5) is 11.4 Å². The molecule has 1 atom stereocenters. The zero-order valence-corrected chi connectivity index (χ0v) is 18.5. The third kappa shape index (κ3) is 5.55. The number of carbonyl (C=O) groups excluding carboxylic acids is 2. The van der Waals surface area contributed by atoms with Crippen molar-refractivity contribution in [3.05, 3.63) is 42.5 Å². The molecule has 3 rings (SSSR count). The zero-order chi connectivity index (χ0) is 21.0. The highest BCUT2D eigenvalue weighted by Gasteiger charge is 2.23. The summed E-state index contributed by atoms with van der Waals surface area (Å²) >= 11 is 3.08. The predicted molar refractivity (Wildman–Crippen MR) is 118 cm³/mol. The Balaban J connectivity index is 1.67. The average molecular weight is 451 g/mol. The summed E-state index contributed by atoms with van der Waals surface area (Å²) in [5.74, 6) is -0.308. The number of fused-ring (bicyclic) bond motifs is 1. The second kappa shape index (κ2) is 9.23. The summed E-state index contributed by atoms with van der Waals surface area (Å²) in [5, 5.41) is 5.52. The first-order valence-electron chi connectivity index (χ1n) is 9.03. The highest BCUT2D eigenvalue weighted by atomic mass is 32.2. The average Bonchev–Trinajstić information content (AvgIpc) is 2.84. The molecule has 0 aliphatic carbocycles. The number of rotatable bonds is 6. The van der Waals surface area contributed by atoms with Gasteiger partial charge in [-0.2, -0.15) is 0 Å². The first-order chi connectivity index (χ1) is 13.8. The van der Waals surface area contributed by atoms with Gasteiger partial charge in [0.25, 0.3) is 0 Å². The summed E-state index contributed by atoms with van der Waals surface area (Å²) < 4.78 is 25.4. The van der Waals surface area contributed by atoms with Crippen LogP contribution in [0.5, 0.6) is 0 Å². The maximum Gasteiger partial charge on any atom is 0.228 e. The van der Waals surface area contributed by atoms with Crippen LogP contribution in [0.2, 0.25) is 0 Å². The van der Waals surface area contributed by atoms with E-state index in [4.69, 9.17) is 0 Å². The van der Waals surface area contributed by atoms with Gasteiger partial charge in [-0.15, -0.1) is 23.5 Å². The van der Waals surface area contributed by atoms with Crippen molar-refractivity contribution in [1.82, 2.24) is 0 Å². The molecule has 2 amide bonds. The minimum absolute atomic E-state index is 0.101. The predicted octanol–water partition coefficient (Wildman–Crippen LogP) is 3.89. The molecule has 0 radical (unpaired) electrons. The molecule has 0 bridgehead atoms. The van der Waals surface area contributed by atoms with E-state index in [-0.39, 0.29) is 34.8 Å². The number of sulfone groups is 1. The smallest absolute Gasteiger partial charge is 0.228 e. The van der Waals surface area contributed by atoms with E-state index in [9.17, 15) is 18.0 Å². The second-order valence-corrected chi connectivity index (χ2v) is 10.8. The van der Waals surface area contributed by atoms with Crippen LogP contribution < -0.4 is 10.6 Å². The van der Waals surface area contributed by atoms with E-state index < -0.39 is 9.84 Å². The number of hydrogen-bond acceptors (Lipinski definition) is 6. The van der Waals surface area contributed by atoms with Gasteiger partial charge >= 0.3 is 0 Å². The molecule has 2 N–H and O–H groups in total. The van der Waals surface area contributed by atoms with Gasteiger partial charge in [-0.05, 0) is 42.7 Å². The van der Waals surface area contributed by atoms with E-state index in [2.05, 4.69) is 10.6 Å². The summed E-state index contributed by atoms with van der Waals surface area (Å²) in [6.07, 6.45) is 1.79. The minimum atomic E-state index is -3.66. The molecule has 6 nitrogen and oxygen atoms in total. The number of carbonyl (C=O) groups is 2. The molecule has 0 saturated carbocycles. The van der Waals surface area contributed by atoms with Gasteiger partial charge < -0.3 is 10.6 Å². The molecule has 1 heterocycles. The van der Waals surface area contributed by atoms with Gasteiger partial charge in [0.2, 0.25) is 11.8 Å². The van der Waals surface area contributed by atoms with Gasteiger partial charge in [-0.1, -0.05) is 13.0 Å². The molecule has 1 aliphatic heterocycles. The molecule has 0 fully saturated rings. The third-order valence-electron chi connectivity index (χ3n) is 4.46. The first kappa shape index (κ1) is 21.7. The maximum absolute atomic E-state index is 12.7. The van der Waals surface area contributed by atoms with E-state index in [0.717, 1.165) is 9.79 Å². The molecule has 1 aliphatic rings. The molecule has 0 saturated heterocycles. The lowest BCUT2D eigenvalue weighted by Gasteiger charge is -2.10. The van der Waals surface area contributed by atoms with Gasteiger partial charge in [0, 0.05) is 33.6 Å². The summed E-state index contributed by atoms with van der Waals surface area (Å²) in [5.41, 5.74) is 1.14. The van der Waals surface area contributed by atoms with Crippen LogP contribution in [-0.4, -0.2) is 38.0 Å². The topological polar surface area (TPSA) is 92.3 Å². The van der Waals surface area contributed by atoms with Gasteiger partial charge in [-0.3, -0.25) is 9.59 Å². The van der Waals surface area contributed by atoms with Gasteiger partial charge in [-0.25, -0.2) is 8.42 Å². The fourth-order valence-electron chi connectivity index (χ4n) is 2.74. The number of nitrogens with one attached hydrogen (secondary N) is 2. The Morgan fingerprint density at radius 1 is 1.28 bits per heavy atom. The summed E-state index contributed by atoms with van der Waals surface area (Å²) in [7, 11) is -3.66. The summed E-state index contributed by atoms with van der Waals surface area (Å²) in [6, 6.07) is 12.1. The normalized spacial score (nSPS) is 16.5. The van der Waals surface area contributed by atoms with Crippen LogP contribution in [0.1, 0.15) is 13.3 Å². The van der Waals surface area contributed by atoms with E-state index in [1.807, 2.05) is 31.4 Å². The standard InChI is InChI=1S/C20H22N2O4S3/c1-13-12-28-18-7-6-16(11-17(18)22-20(13)24)29(25,26)9-8-19(23)21-14-4-3-5-15(10-14)27-2/h3-7,10-11,13H,8-9,12H2,1-2H3,(H,21,23)(H,22,24)/t13-/m1/s1. The van der Waals surface area contributed by atoms with Crippen LogP contribution in [0.25, 0.3) is 0 Å².